The number of fused-ring (bicyclic) bond motifs is 1. The number of hydrogen-bond donors (Lipinski definition) is 2. The van der Waals surface area contributed by atoms with Gasteiger partial charge in [-0.3, -0.25) is 0 Å². The van der Waals surface area contributed by atoms with Crippen LogP contribution >= 0.6 is 0 Å². The molecule has 1 aliphatic carbocycles. The number of likely N-dealkylation sites (tertiary alicyclic amines) is 1. The summed E-state index contributed by atoms with van der Waals surface area (Å²) in [7, 11) is 0. The number of nitrogens with two attached hydrogens (primary N) is 1. The van der Waals surface area contributed by atoms with Crippen LogP contribution in [0.15, 0.2) is 24.3 Å². The van der Waals surface area contributed by atoms with Crippen LogP contribution in [0.3, 0.4) is 0 Å². The van der Waals surface area contributed by atoms with Crippen LogP contribution in [0.1, 0.15) is 33.1 Å². The second kappa shape index (κ2) is 6.40. The zero-order chi connectivity index (χ0) is 16.4. The second-order valence-corrected chi connectivity index (χ2v) is 7.32. The Hall–Kier alpha value is -1.75. The second-order valence-electron chi connectivity index (χ2n) is 7.32. The molecule has 0 aromatic heterocycles. The number of nitrogens with one attached hydrogen (secondary N) is 1. The van der Waals surface area contributed by atoms with Crippen molar-refractivity contribution in [3.05, 3.63) is 24.3 Å². The highest BCUT2D eigenvalue weighted by atomic mass is 16.5. The van der Waals surface area contributed by atoms with Gasteiger partial charge >= 0.3 is 6.03 Å². The molecule has 2 amide bonds. The molecule has 1 heterocycles. The molecule has 1 aromatic carbocycles. The van der Waals surface area contributed by atoms with Gasteiger partial charge in [0.15, 0.2) is 0 Å². The van der Waals surface area contributed by atoms with Crippen molar-refractivity contribution in [2.75, 3.05) is 25.0 Å². The van der Waals surface area contributed by atoms with Gasteiger partial charge in [0.25, 0.3) is 0 Å². The minimum Gasteiger partial charge on any atom is -0.492 e. The third-order valence-electron chi connectivity index (χ3n) is 5.19. The predicted molar refractivity (Wildman–Crippen MR) is 91.6 cm³/mol. The minimum atomic E-state index is 0.00319. The maximum atomic E-state index is 12.7. The van der Waals surface area contributed by atoms with E-state index in [9.17, 15) is 4.79 Å². The highest BCUT2D eigenvalue weighted by Gasteiger charge is 2.50. The SMILES string of the molecule is CC1(C)CN(C(=O)Nc2cccc(OCCN)c2)[C@@H]2CCC[C@@H]21. The Balaban J connectivity index is 1.67. The Morgan fingerprint density at radius 2 is 2.26 bits per heavy atom. The molecule has 0 radical (unpaired) electrons. The summed E-state index contributed by atoms with van der Waals surface area (Å²) < 4.78 is 5.52. The predicted octanol–water partition coefficient (Wildman–Crippen LogP) is 3.07. The topological polar surface area (TPSA) is 67.6 Å². The highest BCUT2D eigenvalue weighted by molar-refractivity contribution is 5.90. The lowest BCUT2D eigenvalue weighted by Gasteiger charge is -2.24. The van der Waals surface area contributed by atoms with Crippen LogP contribution in [0.2, 0.25) is 0 Å². The normalized spacial score (nSPS) is 25.3. The number of rotatable bonds is 4. The molecule has 2 fully saturated rings. The van der Waals surface area contributed by atoms with Crippen LogP contribution in [-0.2, 0) is 0 Å². The Morgan fingerprint density at radius 3 is 3.04 bits per heavy atom. The number of ether oxygens (including phenoxy) is 1. The van der Waals surface area contributed by atoms with Gasteiger partial charge in [0, 0.05) is 30.9 Å². The minimum absolute atomic E-state index is 0.00319. The molecule has 2 atom stereocenters. The molecule has 3 N–H and O–H groups in total. The maximum Gasteiger partial charge on any atom is 0.322 e. The summed E-state index contributed by atoms with van der Waals surface area (Å²) in [5.41, 5.74) is 6.43. The van der Waals surface area contributed by atoms with Crippen LogP contribution in [0.5, 0.6) is 5.75 Å². The molecule has 0 unspecified atom stereocenters. The van der Waals surface area contributed by atoms with Crippen LogP contribution < -0.4 is 15.8 Å². The molecular formula is C18H27N3O2. The Labute approximate surface area is 138 Å². The van der Waals surface area contributed by atoms with E-state index in [-0.39, 0.29) is 11.4 Å². The average molecular weight is 317 g/mol. The van der Waals surface area contributed by atoms with Gasteiger partial charge in [0.05, 0.1) is 0 Å². The monoisotopic (exact) mass is 317 g/mol. The van der Waals surface area contributed by atoms with Crippen molar-refractivity contribution >= 4 is 11.7 Å². The smallest absolute Gasteiger partial charge is 0.322 e. The molecule has 23 heavy (non-hydrogen) atoms. The summed E-state index contributed by atoms with van der Waals surface area (Å²) in [6, 6.07) is 7.89. The van der Waals surface area contributed by atoms with Crippen molar-refractivity contribution < 1.29 is 9.53 Å². The molecule has 1 aromatic rings. The highest BCUT2D eigenvalue weighted by Crippen LogP contribution is 2.48. The number of carbonyl (C=O) groups is 1. The van der Waals surface area contributed by atoms with Crippen molar-refractivity contribution in [1.82, 2.24) is 4.90 Å². The summed E-state index contributed by atoms with van der Waals surface area (Å²) >= 11 is 0. The van der Waals surface area contributed by atoms with Gasteiger partial charge in [-0.2, -0.15) is 0 Å². The van der Waals surface area contributed by atoms with E-state index in [0.717, 1.165) is 24.4 Å². The van der Waals surface area contributed by atoms with E-state index in [0.29, 0.717) is 25.1 Å². The fourth-order valence-electron chi connectivity index (χ4n) is 4.16. The van der Waals surface area contributed by atoms with Crippen molar-refractivity contribution in [3.63, 3.8) is 0 Å². The van der Waals surface area contributed by atoms with Crippen LogP contribution in [-0.4, -0.2) is 36.7 Å². The first-order chi connectivity index (χ1) is 11.0. The van der Waals surface area contributed by atoms with E-state index < -0.39 is 0 Å². The Morgan fingerprint density at radius 1 is 1.43 bits per heavy atom. The van der Waals surface area contributed by atoms with Gasteiger partial charge in [-0.05, 0) is 36.3 Å². The molecule has 5 heteroatoms. The lowest BCUT2D eigenvalue weighted by Crippen LogP contribution is -2.39. The third-order valence-corrected chi connectivity index (χ3v) is 5.19. The van der Waals surface area contributed by atoms with Crippen molar-refractivity contribution in [2.45, 2.75) is 39.2 Å². The van der Waals surface area contributed by atoms with Gasteiger partial charge in [0.1, 0.15) is 12.4 Å². The summed E-state index contributed by atoms with van der Waals surface area (Å²) in [6.07, 6.45) is 3.59. The zero-order valence-electron chi connectivity index (χ0n) is 14.0. The molecule has 1 saturated carbocycles. The summed E-state index contributed by atoms with van der Waals surface area (Å²) in [4.78, 5) is 14.8. The largest absolute Gasteiger partial charge is 0.492 e. The first kappa shape index (κ1) is 16.1. The van der Waals surface area contributed by atoms with E-state index in [1.54, 1.807) is 0 Å². The Bertz CT molecular complexity index is 573. The number of hydrogen-bond acceptors (Lipinski definition) is 3. The quantitative estimate of drug-likeness (QED) is 0.897. The third kappa shape index (κ3) is 3.29. The maximum absolute atomic E-state index is 12.7. The van der Waals surface area contributed by atoms with Gasteiger partial charge in [0.2, 0.25) is 0 Å². The average Bonchev–Trinajstić information content (AvgIpc) is 3.09. The fraction of sp³-hybridized carbons (Fsp3) is 0.611. The lowest BCUT2D eigenvalue weighted by molar-refractivity contribution is 0.202. The van der Waals surface area contributed by atoms with Crippen LogP contribution in [0.4, 0.5) is 10.5 Å². The van der Waals surface area contributed by atoms with Crippen molar-refractivity contribution in [3.8, 4) is 5.75 Å². The molecule has 5 nitrogen and oxygen atoms in total. The molecule has 126 valence electrons. The molecule has 0 spiro atoms. The Kier molecular flexibility index (Phi) is 4.48. The first-order valence-electron chi connectivity index (χ1n) is 8.52. The number of carbonyl (C=O) groups excluding carboxylic acids is 1. The van der Waals surface area contributed by atoms with E-state index in [1.165, 1.54) is 12.8 Å². The number of anilines is 1. The fourth-order valence-corrected chi connectivity index (χ4v) is 4.16. The number of amides is 2. The molecular weight excluding hydrogens is 290 g/mol. The van der Waals surface area contributed by atoms with Crippen molar-refractivity contribution in [1.29, 1.82) is 0 Å². The van der Waals surface area contributed by atoms with Gasteiger partial charge in [-0.1, -0.05) is 26.3 Å². The molecule has 2 aliphatic rings. The van der Waals surface area contributed by atoms with E-state index in [2.05, 4.69) is 19.2 Å². The first-order valence-corrected chi connectivity index (χ1v) is 8.52. The zero-order valence-corrected chi connectivity index (χ0v) is 14.0. The summed E-state index contributed by atoms with van der Waals surface area (Å²) in [5, 5.41) is 3.03. The van der Waals surface area contributed by atoms with E-state index >= 15 is 0 Å². The van der Waals surface area contributed by atoms with E-state index in [1.807, 2.05) is 29.2 Å². The lowest BCUT2D eigenvalue weighted by atomic mass is 9.80. The number of urea groups is 1. The number of nitrogens with zero attached hydrogens (tertiary/aromatic N) is 1. The molecule has 1 saturated heterocycles. The van der Waals surface area contributed by atoms with Crippen molar-refractivity contribution in [2.24, 2.45) is 17.1 Å². The molecule has 1 aliphatic heterocycles. The molecule has 3 rings (SSSR count). The number of benzene rings is 1. The van der Waals surface area contributed by atoms with E-state index in [4.69, 9.17) is 10.5 Å². The molecule has 0 bridgehead atoms. The van der Waals surface area contributed by atoms with Crippen LogP contribution in [0, 0.1) is 11.3 Å². The van der Waals surface area contributed by atoms with Gasteiger partial charge < -0.3 is 20.7 Å². The standard InChI is InChI=1S/C18H27N3O2/c1-18(2)12-21(16-8-4-7-15(16)18)17(22)20-13-5-3-6-14(11-13)23-10-9-19/h3,5-6,11,15-16H,4,7-10,12,19H2,1-2H3,(H,20,22)/t15-,16+/m0/s1. The van der Waals surface area contributed by atoms with Gasteiger partial charge in [-0.15, -0.1) is 0 Å². The summed E-state index contributed by atoms with van der Waals surface area (Å²) in [5.74, 6) is 1.36. The summed E-state index contributed by atoms with van der Waals surface area (Å²) in [6.45, 7) is 6.34. The van der Waals surface area contributed by atoms with Crippen LogP contribution in [0.25, 0.3) is 0 Å². The van der Waals surface area contributed by atoms with Gasteiger partial charge in [-0.25, -0.2) is 4.79 Å².